The van der Waals surface area contributed by atoms with E-state index in [2.05, 4.69) is 13.2 Å². The quantitative estimate of drug-likeness (QED) is 0.647. The predicted molar refractivity (Wildman–Crippen MR) is 63.7 cm³/mol. The molecule has 2 rings (SSSR count). The van der Waals surface area contributed by atoms with Crippen LogP contribution in [0.2, 0.25) is 0 Å². The average molecular weight is 206 g/mol. The third-order valence-corrected chi connectivity index (χ3v) is 1.81. The molecule has 1 aromatic heterocycles. The van der Waals surface area contributed by atoms with Crippen LogP contribution >= 0.6 is 11.3 Å². The van der Waals surface area contributed by atoms with Gasteiger partial charge in [-0.1, -0.05) is 30.3 Å². The maximum atomic E-state index is 8.63. The van der Waals surface area contributed by atoms with E-state index in [-0.39, 0.29) is 0 Å². The van der Waals surface area contributed by atoms with Gasteiger partial charge in [0.05, 0.1) is 0 Å². The second-order valence-corrected chi connectivity index (χ2v) is 2.95. The van der Waals surface area contributed by atoms with Crippen molar-refractivity contribution in [2.75, 3.05) is 0 Å². The Hall–Kier alpha value is -1.54. The lowest BCUT2D eigenvalue weighted by Gasteiger charge is -1.82. The zero-order chi connectivity index (χ0) is 10.6. The first-order valence-electron chi connectivity index (χ1n) is 4.11. The first kappa shape index (κ1) is 12.5. The third kappa shape index (κ3) is 7.13. The van der Waals surface area contributed by atoms with Gasteiger partial charge in [0.1, 0.15) is 5.75 Å². The van der Waals surface area contributed by atoms with Crippen molar-refractivity contribution in [3.05, 3.63) is 66.4 Å². The van der Waals surface area contributed by atoms with Crippen molar-refractivity contribution in [2.24, 2.45) is 0 Å². The summed E-state index contributed by atoms with van der Waals surface area (Å²) in [5.74, 6) is 0.322. The van der Waals surface area contributed by atoms with E-state index in [4.69, 9.17) is 5.11 Å². The highest BCUT2D eigenvalue weighted by atomic mass is 32.1. The predicted octanol–water partition coefficient (Wildman–Crippen LogP) is 3.94. The molecule has 0 saturated carbocycles. The number of aromatic hydroxyl groups is 1. The normalized spacial score (nSPS) is 7.43. The second kappa shape index (κ2) is 9.55. The molecule has 1 heterocycles. The minimum atomic E-state index is 0.322. The van der Waals surface area contributed by atoms with Crippen molar-refractivity contribution >= 4 is 11.3 Å². The summed E-state index contributed by atoms with van der Waals surface area (Å²) in [6.45, 7) is 6.00. The van der Waals surface area contributed by atoms with Crippen LogP contribution in [0.1, 0.15) is 0 Å². The van der Waals surface area contributed by atoms with Gasteiger partial charge in [-0.25, -0.2) is 0 Å². The molecule has 0 aliphatic rings. The van der Waals surface area contributed by atoms with Crippen molar-refractivity contribution in [3.8, 4) is 5.75 Å². The van der Waals surface area contributed by atoms with Crippen LogP contribution in [0.3, 0.4) is 0 Å². The van der Waals surface area contributed by atoms with Gasteiger partial charge in [0.15, 0.2) is 0 Å². The smallest absolute Gasteiger partial charge is 0.115 e. The van der Waals surface area contributed by atoms with Crippen molar-refractivity contribution < 1.29 is 5.11 Å². The molecule has 0 fully saturated rings. The number of para-hydroxylation sites is 1. The van der Waals surface area contributed by atoms with Crippen molar-refractivity contribution in [2.45, 2.75) is 0 Å². The molecule has 0 atom stereocenters. The monoisotopic (exact) mass is 206 g/mol. The van der Waals surface area contributed by atoms with Gasteiger partial charge in [-0.15, -0.1) is 13.2 Å². The Balaban J connectivity index is 0.000000213. The summed E-state index contributed by atoms with van der Waals surface area (Å²) in [7, 11) is 0. The molecule has 0 bridgehead atoms. The Bertz CT molecular complexity index is 272. The molecule has 0 radical (unpaired) electrons. The van der Waals surface area contributed by atoms with E-state index in [0.29, 0.717) is 5.75 Å². The van der Waals surface area contributed by atoms with Gasteiger partial charge in [0, 0.05) is 0 Å². The molecule has 14 heavy (non-hydrogen) atoms. The highest BCUT2D eigenvalue weighted by molar-refractivity contribution is 7.07. The second-order valence-electron chi connectivity index (χ2n) is 2.13. The molecule has 0 unspecified atom stereocenters. The van der Waals surface area contributed by atoms with E-state index in [1.165, 1.54) is 0 Å². The molecule has 2 aromatic rings. The van der Waals surface area contributed by atoms with Crippen LogP contribution in [0.4, 0.5) is 0 Å². The number of rotatable bonds is 0. The summed E-state index contributed by atoms with van der Waals surface area (Å²) < 4.78 is 0. The molecule has 1 nitrogen and oxygen atoms in total. The topological polar surface area (TPSA) is 20.2 Å². The summed E-state index contributed by atoms with van der Waals surface area (Å²) >= 11 is 1.71. The Morgan fingerprint density at radius 1 is 0.857 bits per heavy atom. The van der Waals surface area contributed by atoms with E-state index < -0.39 is 0 Å². The zero-order valence-corrected chi connectivity index (χ0v) is 8.78. The van der Waals surface area contributed by atoms with Gasteiger partial charge in [-0.2, -0.15) is 11.3 Å². The SMILES string of the molecule is C=C.Oc1ccccc1.c1ccsc1. The van der Waals surface area contributed by atoms with Crippen LogP contribution in [-0.4, -0.2) is 5.11 Å². The summed E-state index contributed by atoms with van der Waals surface area (Å²) in [6.07, 6.45) is 0. The Morgan fingerprint density at radius 2 is 1.36 bits per heavy atom. The minimum Gasteiger partial charge on any atom is -0.508 e. The molecule has 1 aromatic carbocycles. The van der Waals surface area contributed by atoms with Crippen LogP contribution in [-0.2, 0) is 0 Å². The lowest BCUT2D eigenvalue weighted by molar-refractivity contribution is 0.475. The largest absolute Gasteiger partial charge is 0.508 e. The molecule has 0 amide bonds. The highest BCUT2D eigenvalue weighted by Crippen LogP contribution is 2.02. The third-order valence-electron chi connectivity index (χ3n) is 1.18. The zero-order valence-electron chi connectivity index (χ0n) is 7.97. The van der Waals surface area contributed by atoms with Crippen molar-refractivity contribution in [1.29, 1.82) is 0 Å². The fourth-order valence-corrected chi connectivity index (χ4v) is 1.11. The number of phenolic OH excluding ortho intramolecular Hbond substituents is 1. The lowest BCUT2D eigenvalue weighted by atomic mass is 10.3. The fraction of sp³-hybridized carbons (Fsp3) is 0. The van der Waals surface area contributed by atoms with Gasteiger partial charge in [-0.3, -0.25) is 0 Å². The highest BCUT2D eigenvalue weighted by Gasteiger charge is 1.74. The summed E-state index contributed by atoms with van der Waals surface area (Å²) in [5, 5.41) is 12.7. The molecule has 0 saturated heterocycles. The number of phenols is 1. The minimum absolute atomic E-state index is 0.322. The van der Waals surface area contributed by atoms with Gasteiger partial charge < -0.3 is 5.11 Å². The number of hydrogen-bond acceptors (Lipinski definition) is 2. The summed E-state index contributed by atoms with van der Waals surface area (Å²) in [5.41, 5.74) is 0. The number of hydrogen-bond donors (Lipinski definition) is 1. The van der Waals surface area contributed by atoms with Gasteiger partial charge in [0.25, 0.3) is 0 Å². The number of benzene rings is 1. The Morgan fingerprint density at radius 3 is 1.57 bits per heavy atom. The van der Waals surface area contributed by atoms with Crippen LogP contribution < -0.4 is 0 Å². The average Bonchev–Trinajstić information content (AvgIpc) is 2.80. The molecular weight excluding hydrogens is 192 g/mol. The maximum Gasteiger partial charge on any atom is 0.115 e. The van der Waals surface area contributed by atoms with E-state index in [9.17, 15) is 0 Å². The molecule has 1 N–H and O–H groups in total. The molecule has 0 aliphatic carbocycles. The first-order chi connectivity index (χ1) is 6.89. The van der Waals surface area contributed by atoms with E-state index >= 15 is 0 Å². The van der Waals surface area contributed by atoms with Crippen LogP contribution in [0.25, 0.3) is 0 Å². The van der Waals surface area contributed by atoms with Crippen LogP contribution in [0.5, 0.6) is 5.75 Å². The van der Waals surface area contributed by atoms with Crippen molar-refractivity contribution in [1.82, 2.24) is 0 Å². The number of thiophene rings is 1. The molecule has 74 valence electrons. The van der Waals surface area contributed by atoms with Crippen LogP contribution in [0.15, 0.2) is 66.4 Å². The standard InChI is InChI=1S/C6H6O.C4H4S.C2H4/c7-6-4-2-1-3-5-6;1-2-4-5-3-1;1-2/h1-5,7H;1-4H;1-2H2. The van der Waals surface area contributed by atoms with E-state index in [0.717, 1.165) is 0 Å². The molecule has 0 spiro atoms. The lowest BCUT2D eigenvalue weighted by Crippen LogP contribution is -1.56. The van der Waals surface area contributed by atoms with Gasteiger partial charge >= 0.3 is 0 Å². The van der Waals surface area contributed by atoms with Crippen LogP contribution in [0, 0.1) is 0 Å². The van der Waals surface area contributed by atoms with Gasteiger partial charge in [-0.05, 0) is 22.9 Å². The van der Waals surface area contributed by atoms with E-state index in [1.54, 1.807) is 35.6 Å². The fourth-order valence-electron chi connectivity index (χ4n) is 0.655. The Labute approximate surface area is 89.0 Å². The first-order valence-corrected chi connectivity index (χ1v) is 5.05. The Kier molecular flexibility index (Phi) is 8.50. The van der Waals surface area contributed by atoms with Crippen molar-refractivity contribution in [3.63, 3.8) is 0 Å². The molecular formula is C12H14OS. The maximum absolute atomic E-state index is 8.63. The summed E-state index contributed by atoms with van der Waals surface area (Å²) in [4.78, 5) is 0. The van der Waals surface area contributed by atoms with E-state index in [1.807, 2.05) is 29.0 Å². The molecule has 2 heteroatoms. The van der Waals surface area contributed by atoms with Gasteiger partial charge in [0.2, 0.25) is 0 Å². The molecule has 0 aliphatic heterocycles. The summed E-state index contributed by atoms with van der Waals surface area (Å²) in [6, 6.07) is 12.7.